The van der Waals surface area contributed by atoms with Gasteiger partial charge in [0.15, 0.2) is 0 Å². The summed E-state index contributed by atoms with van der Waals surface area (Å²) in [6.07, 6.45) is 1.19. The molecule has 0 bridgehead atoms. The van der Waals surface area contributed by atoms with E-state index in [9.17, 15) is 0 Å². The van der Waals surface area contributed by atoms with Crippen molar-refractivity contribution >= 4 is 69.9 Å². The summed E-state index contributed by atoms with van der Waals surface area (Å²) in [5.41, 5.74) is 0.575. The van der Waals surface area contributed by atoms with E-state index in [0.29, 0.717) is 15.7 Å². The van der Waals surface area contributed by atoms with E-state index >= 15 is 0 Å². The topological polar surface area (TPSA) is 12.4 Å². The van der Waals surface area contributed by atoms with Crippen LogP contribution in [0.3, 0.4) is 0 Å². The maximum Gasteiger partial charge on any atom is 0.225 e. The van der Waals surface area contributed by atoms with Crippen molar-refractivity contribution in [1.82, 2.24) is 0 Å². The minimum absolute atomic E-state index is 0.408. The molecule has 0 amide bonds. The first kappa shape index (κ1) is 12.4. The highest BCUT2D eigenvalue weighted by Crippen LogP contribution is 2.28. The monoisotopic (exact) mass is 289 g/mol. The highest BCUT2D eigenvalue weighted by molar-refractivity contribution is 6.74. The van der Waals surface area contributed by atoms with Gasteiger partial charge < -0.3 is 0 Å². The Labute approximate surface area is 107 Å². The largest absolute Gasteiger partial charge is 0.257 e. The molecular weight excluding hydrogens is 287 g/mol. The standard InChI is InChI=1S/C8H4Cl5N/c9-6-2-1-5(3-7(6)10)14-4-8(11,12)13/h1-4H. The number of aliphatic imine (C=N–C) groups is 1. The third kappa shape index (κ3) is 4.24. The summed E-state index contributed by atoms with van der Waals surface area (Å²) in [7, 11) is 0. The van der Waals surface area contributed by atoms with Crippen LogP contribution < -0.4 is 0 Å². The normalized spacial score (nSPS) is 12.4. The van der Waals surface area contributed by atoms with Crippen molar-refractivity contribution in [2.75, 3.05) is 0 Å². The second-order valence-corrected chi connectivity index (χ2v) is 5.58. The number of benzene rings is 1. The highest BCUT2D eigenvalue weighted by atomic mass is 35.6. The Hall–Kier alpha value is 0.340. The van der Waals surface area contributed by atoms with Gasteiger partial charge in [0.1, 0.15) is 0 Å². The molecule has 0 fully saturated rings. The zero-order valence-corrected chi connectivity index (χ0v) is 10.4. The van der Waals surface area contributed by atoms with Crippen LogP contribution in [0, 0.1) is 0 Å². The van der Waals surface area contributed by atoms with E-state index < -0.39 is 3.79 Å². The van der Waals surface area contributed by atoms with Crippen LogP contribution in [0.2, 0.25) is 10.0 Å². The second-order valence-electron chi connectivity index (χ2n) is 2.40. The van der Waals surface area contributed by atoms with E-state index in [0.717, 1.165) is 0 Å². The molecule has 1 aromatic rings. The molecule has 0 spiro atoms. The molecular formula is C8H4Cl5N. The number of nitrogens with zero attached hydrogens (tertiary/aromatic N) is 1. The Morgan fingerprint density at radius 1 is 1.07 bits per heavy atom. The van der Waals surface area contributed by atoms with Gasteiger partial charge in [-0.2, -0.15) is 0 Å². The van der Waals surface area contributed by atoms with Crippen LogP contribution in [0.4, 0.5) is 5.69 Å². The fourth-order valence-electron chi connectivity index (χ4n) is 0.713. The minimum atomic E-state index is -1.51. The Morgan fingerprint density at radius 3 is 2.21 bits per heavy atom. The van der Waals surface area contributed by atoms with Gasteiger partial charge in [0.25, 0.3) is 0 Å². The van der Waals surface area contributed by atoms with E-state index in [1.54, 1.807) is 18.2 Å². The molecule has 14 heavy (non-hydrogen) atoms. The van der Waals surface area contributed by atoms with Gasteiger partial charge in [-0.1, -0.05) is 58.0 Å². The van der Waals surface area contributed by atoms with Crippen LogP contribution in [0.15, 0.2) is 23.2 Å². The Balaban J connectivity index is 2.89. The summed E-state index contributed by atoms with van der Waals surface area (Å²) in [5, 5.41) is 0.866. The summed E-state index contributed by atoms with van der Waals surface area (Å²) in [5.74, 6) is 0. The number of alkyl halides is 3. The van der Waals surface area contributed by atoms with Crippen LogP contribution in [0.25, 0.3) is 0 Å². The zero-order valence-electron chi connectivity index (χ0n) is 6.65. The van der Waals surface area contributed by atoms with E-state index in [-0.39, 0.29) is 0 Å². The van der Waals surface area contributed by atoms with Gasteiger partial charge in [-0.25, -0.2) is 0 Å². The predicted octanol–water partition coefficient (Wildman–Crippen LogP) is 5.07. The van der Waals surface area contributed by atoms with Crippen molar-refractivity contribution in [2.45, 2.75) is 3.79 Å². The Kier molecular flexibility index (Phi) is 4.35. The molecule has 0 aliphatic rings. The lowest BCUT2D eigenvalue weighted by Gasteiger charge is -2.02. The summed E-state index contributed by atoms with van der Waals surface area (Å²) < 4.78 is -1.51. The van der Waals surface area contributed by atoms with Crippen molar-refractivity contribution in [3.05, 3.63) is 28.2 Å². The SMILES string of the molecule is Clc1ccc(N=CC(Cl)(Cl)Cl)cc1Cl. The molecule has 0 aliphatic heterocycles. The fraction of sp³-hybridized carbons (Fsp3) is 0.125. The van der Waals surface area contributed by atoms with Crippen molar-refractivity contribution in [3.63, 3.8) is 0 Å². The van der Waals surface area contributed by atoms with Crippen molar-refractivity contribution in [1.29, 1.82) is 0 Å². The molecule has 0 aromatic heterocycles. The van der Waals surface area contributed by atoms with E-state index in [4.69, 9.17) is 58.0 Å². The van der Waals surface area contributed by atoms with E-state index in [2.05, 4.69) is 4.99 Å². The molecule has 1 aromatic carbocycles. The van der Waals surface area contributed by atoms with Gasteiger partial charge in [0, 0.05) is 0 Å². The molecule has 0 saturated heterocycles. The molecule has 0 saturated carbocycles. The van der Waals surface area contributed by atoms with Crippen LogP contribution in [-0.2, 0) is 0 Å². The van der Waals surface area contributed by atoms with Crippen LogP contribution in [0.5, 0.6) is 0 Å². The Morgan fingerprint density at radius 2 is 1.71 bits per heavy atom. The predicted molar refractivity (Wildman–Crippen MR) is 64.9 cm³/mol. The maximum absolute atomic E-state index is 5.76. The number of hydrogen-bond donors (Lipinski definition) is 0. The number of hydrogen-bond acceptors (Lipinski definition) is 1. The average Bonchev–Trinajstić information content (AvgIpc) is 2.06. The molecule has 0 atom stereocenters. The molecule has 1 rings (SSSR count). The number of rotatable bonds is 1. The van der Waals surface area contributed by atoms with Gasteiger partial charge in [-0.3, -0.25) is 4.99 Å². The first-order valence-corrected chi connectivity index (χ1v) is 5.34. The van der Waals surface area contributed by atoms with Gasteiger partial charge in [-0.05, 0) is 18.2 Å². The van der Waals surface area contributed by atoms with Gasteiger partial charge in [0.2, 0.25) is 3.79 Å². The smallest absolute Gasteiger partial charge is 0.225 e. The maximum atomic E-state index is 5.76. The third-order valence-electron chi connectivity index (χ3n) is 1.26. The summed E-state index contributed by atoms with van der Waals surface area (Å²) in [6, 6.07) is 4.87. The molecule has 0 aliphatic carbocycles. The van der Waals surface area contributed by atoms with Gasteiger partial charge in [0.05, 0.1) is 21.9 Å². The zero-order chi connectivity index (χ0) is 10.8. The van der Waals surface area contributed by atoms with E-state index in [1.165, 1.54) is 6.21 Å². The van der Waals surface area contributed by atoms with Crippen molar-refractivity contribution in [3.8, 4) is 0 Å². The molecule has 1 nitrogen and oxygen atoms in total. The first-order chi connectivity index (χ1) is 6.38. The first-order valence-electron chi connectivity index (χ1n) is 3.45. The average molecular weight is 291 g/mol. The molecule has 76 valence electrons. The van der Waals surface area contributed by atoms with E-state index in [1.807, 2.05) is 0 Å². The number of halogens is 5. The Bertz CT molecular complexity index is 355. The van der Waals surface area contributed by atoms with Crippen molar-refractivity contribution < 1.29 is 0 Å². The molecule has 0 radical (unpaired) electrons. The van der Waals surface area contributed by atoms with Crippen LogP contribution in [0.1, 0.15) is 0 Å². The lowest BCUT2D eigenvalue weighted by atomic mass is 10.3. The molecule has 0 heterocycles. The highest BCUT2D eigenvalue weighted by Gasteiger charge is 2.15. The third-order valence-corrected chi connectivity index (χ3v) is 2.29. The second kappa shape index (κ2) is 4.91. The lowest BCUT2D eigenvalue weighted by Crippen LogP contribution is -2.01. The molecule has 0 unspecified atom stereocenters. The van der Waals surface area contributed by atoms with Gasteiger partial charge >= 0.3 is 0 Å². The van der Waals surface area contributed by atoms with Crippen LogP contribution in [-0.4, -0.2) is 10.0 Å². The summed E-state index contributed by atoms with van der Waals surface area (Å²) in [6.45, 7) is 0. The fourth-order valence-corrected chi connectivity index (χ4v) is 1.15. The summed E-state index contributed by atoms with van der Waals surface area (Å²) >= 11 is 27.9. The summed E-state index contributed by atoms with van der Waals surface area (Å²) in [4.78, 5) is 3.92. The van der Waals surface area contributed by atoms with Crippen LogP contribution >= 0.6 is 58.0 Å². The molecule has 0 N–H and O–H groups in total. The van der Waals surface area contributed by atoms with Crippen molar-refractivity contribution in [2.24, 2.45) is 4.99 Å². The van der Waals surface area contributed by atoms with Gasteiger partial charge in [-0.15, -0.1) is 0 Å². The minimum Gasteiger partial charge on any atom is -0.257 e. The molecule has 6 heteroatoms. The lowest BCUT2D eigenvalue weighted by molar-refractivity contribution is 1.49. The quantitative estimate of drug-likeness (QED) is 0.506.